The van der Waals surface area contributed by atoms with Crippen LogP contribution in [0.3, 0.4) is 0 Å². The second kappa shape index (κ2) is 8.29. The molecule has 1 aromatic carbocycles. The molecule has 0 spiro atoms. The standard InChI is InChI=1S/C29H49PSi/c1-18-19(2)21(4)26(20(18)3)31(14,15)30-25-23(28(8,9)10)16-22(27(5,6)7)17-24(25)29(11,12)13/h16-18,30H,1-15H3. The Kier molecular flexibility index (Phi) is 7.11. The van der Waals surface area contributed by atoms with Gasteiger partial charge >= 0.3 is 0 Å². The molecule has 2 rings (SSSR count). The zero-order chi connectivity index (χ0) is 24.3. The van der Waals surface area contributed by atoms with E-state index in [-0.39, 0.29) is 16.2 Å². The zero-order valence-corrected chi connectivity index (χ0v) is 25.2. The molecule has 0 aromatic heterocycles. The molecule has 31 heavy (non-hydrogen) atoms. The van der Waals surface area contributed by atoms with Crippen molar-refractivity contribution < 1.29 is 0 Å². The van der Waals surface area contributed by atoms with Crippen LogP contribution in [0.5, 0.6) is 0 Å². The lowest BCUT2D eigenvalue weighted by Gasteiger charge is -2.37. The Bertz CT molecular complexity index is 886. The molecule has 2 unspecified atom stereocenters. The van der Waals surface area contributed by atoms with E-state index in [0.29, 0.717) is 5.92 Å². The van der Waals surface area contributed by atoms with Gasteiger partial charge in [-0.3, -0.25) is 0 Å². The molecule has 0 aliphatic heterocycles. The highest BCUT2D eigenvalue weighted by molar-refractivity contribution is 7.88. The maximum atomic E-state index is 2.62. The molecule has 1 aliphatic rings. The van der Waals surface area contributed by atoms with Crippen LogP contribution in [0.1, 0.15) is 107 Å². The van der Waals surface area contributed by atoms with Gasteiger partial charge in [0.05, 0.1) is 0 Å². The smallest absolute Gasteiger partial charge is 0.0968 e. The topological polar surface area (TPSA) is 0 Å². The first-order valence-electron chi connectivity index (χ1n) is 12.1. The van der Waals surface area contributed by atoms with E-state index < -0.39 is 7.74 Å². The summed E-state index contributed by atoms with van der Waals surface area (Å²) in [6.45, 7) is 36.3. The first-order chi connectivity index (χ1) is 13.7. The van der Waals surface area contributed by atoms with Gasteiger partial charge < -0.3 is 0 Å². The molecule has 0 saturated carbocycles. The van der Waals surface area contributed by atoms with Crippen LogP contribution in [0.15, 0.2) is 34.0 Å². The van der Waals surface area contributed by atoms with Gasteiger partial charge in [-0.25, -0.2) is 0 Å². The quantitative estimate of drug-likeness (QED) is 0.314. The first-order valence-corrected chi connectivity index (χ1v) is 17.1. The van der Waals surface area contributed by atoms with E-state index in [1.807, 2.05) is 0 Å². The van der Waals surface area contributed by atoms with Crippen molar-refractivity contribution in [3.63, 3.8) is 0 Å². The second-order valence-electron chi connectivity index (χ2n) is 13.5. The van der Waals surface area contributed by atoms with E-state index in [0.717, 1.165) is 8.13 Å². The summed E-state index contributed by atoms with van der Waals surface area (Å²) in [7, 11) is -0.767. The Hall–Kier alpha value is -0.653. The van der Waals surface area contributed by atoms with Gasteiger partial charge in [-0.2, -0.15) is 0 Å². The van der Waals surface area contributed by atoms with Crippen molar-refractivity contribution in [2.75, 3.05) is 0 Å². The molecule has 1 aromatic rings. The van der Waals surface area contributed by atoms with Crippen molar-refractivity contribution in [2.45, 2.75) is 119 Å². The maximum Gasteiger partial charge on any atom is 0.108 e. The van der Waals surface area contributed by atoms with E-state index in [1.165, 1.54) is 5.56 Å². The lowest BCUT2D eigenvalue weighted by Crippen LogP contribution is -2.35. The Morgan fingerprint density at radius 2 is 1.13 bits per heavy atom. The average molecular weight is 457 g/mol. The van der Waals surface area contributed by atoms with Gasteiger partial charge in [0.25, 0.3) is 0 Å². The molecule has 0 fully saturated rings. The van der Waals surface area contributed by atoms with Gasteiger partial charge in [0.1, 0.15) is 7.74 Å². The third kappa shape index (κ3) is 5.30. The lowest BCUT2D eigenvalue weighted by molar-refractivity contribution is 0.554. The number of hydrogen-bond donors (Lipinski definition) is 0. The molecule has 1 aliphatic carbocycles. The van der Waals surface area contributed by atoms with Crippen LogP contribution < -0.4 is 5.30 Å². The Balaban J connectivity index is 2.82. The van der Waals surface area contributed by atoms with Gasteiger partial charge in [0.15, 0.2) is 0 Å². The van der Waals surface area contributed by atoms with Gasteiger partial charge in [-0.05, 0) is 64.9 Å². The van der Waals surface area contributed by atoms with Crippen molar-refractivity contribution in [1.82, 2.24) is 0 Å². The molecule has 0 radical (unpaired) electrons. The Labute approximate surface area is 197 Å². The van der Waals surface area contributed by atoms with Crippen LogP contribution in [0.25, 0.3) is 0 Å². The average Bonchev–Trinajstić information content (AvgIpc) is 2.75. The summed E-state index contributed by atoms with van der Waals surface area (Å²) in [4.78, 5) is 0. The summed E-state index contributed by atoms with van der Waals surface area (Å²) in [5.41, 5.74) is 9.89. The van der Waals surface area contributed by atoms with Crippen LogP contribution in [-0.4, -0.2) is 7.74 Å². The van der Waals surface area contributed by atoms with E-state index in [9.17, 15) is 0 Å². The normalized spacial score (nSPS) is 19.4. The van der Waals surface area contributed by atoms with Crippen LogP contribution in [0, 0.1) is 5.92 Å². The fourth-order valence-electron chi connectivity index (χ4n) is 5.09. The van der Waals surface area contributed by atoms with Crippen LogP contribution in [0.4, 0.5) is 0 Å². The molecular formula is C29H49PSi. The minimum Gasteiger partial charge on any atom is -0.0968 e. The van der Waals surface area contributed by atoms with Crippen LogP contribution >= 0.6 is 8.13 Å². The molecule has 0 bridgehead atoms. The summed E-state index contributed by atoms with van der Waals surface area (Å²) < 4.78 is 0. The number of hydrogen-bond acceptors (Lipinski definition) is 0. The number of allylic oxidation sites excluding steroid dienone is 4. The summed E-state index contributed by atoms with van der Waals surface area (Å²) >= 11 is 0. The van der Waals surface area contributed by atoms with E-state index in [2.05, 4.69) is 115 Å². The molecule has 2 heteroatoms. The van der Waals surface area contributed by atoms with Gasteiger partial charge in [-0.15, -0.1) is 0 Å². The maximum absolute atomic E-state index is 2.62. The third-order valence-corrected chi connectivity index (χ3v) is 14.2. The van der Waals surface area contributed by atoms with E-state index in [4.69, 9.17) is 0 Å². The van der Waals surface area contributed by atoms with E-state index in [1.54, 1.807) is 38.3 Å². The van der Waals surface area contributed by atoms with Crippen LogP contribution in [-0.2, 0) is 16.2 Å². The largest absolute Gasteiger partial charge is 0.108 e. The highest BCUT2D eigenvalue weighted by atomic mass is 31.3. The highest BCUT2D eigenvalue weighted by Crippen LogP contribution is 2.48. The fourth-order valence-corrected chi connectivity index (χ4v) is 13.6. The van der Waals surface area contributed by atoms with E-state index >= 15 is 0 Å². The molecule has 2 atom stereocenters. The zero-order valence-electron chi connectivity index (χ0n) is 23.2. The first kappa shape index (κ1) is 26.6. The molecule has 0 nitrogen and oxygen atoms in total. The highest BCUT2D eigenvalue weighted by Gasteiger charge is 2.38. The molecule has 174 valence electrons. The fraction of sp³-hybridized carbons (Fsp3) is 0.655. The molecule has 0 amide bonds. The minimum atomic E-state index is -1.65. The summed E-state index contributed by atoms with van der Waals surface area (Å²) in [5.74, 6) is 0.610. The van der Waals surface area contributed by atoms with Crippen LogP contribution in [0.2, 0.25) is 13.1 Å². The number of rotatable bonds is 3. The van der Waals surface area contributed by atoms with Crippen molar-refractivity contribution in [3.05, 3.63) is 50.7 Å². The van der Waals surface area contributed by atoms with Crippen molar-refractivity contribution in [2.24, 2.45) is 5.92 Å². The predicted octanol–water partition coefficient (Wildman–Crippen LogP) is 8.93. The molecule has 0 N–H and O–H groups in total. The second-order valence-corrected chi connectivity index (χ2v) is 22.5. The SMILES string of the molecule is CC1=C(C)C(C)C(C)=C1[Si](C)(C)Pc1c(C(C)(C)C)cc(C(C)(C)C)cc1C(C)(C)C. The summed E-state index contributed by atoms with van der Waals surface area (Å²) in [5, 5.41) is 3.41. The van der Waals surface area contributed by atoms with Crippen molar-refractivity contribution in [3.8, 4) is 0 Å². The molecule has 0 heterocycles. The monoisotopic (exact) mass is 456 g/mol. The predicted molar refractivity (Wildman–Crippen MR) is 148 cm³/mol. The van der Waals surface area contributed by atoms with Gasteiger partial charge in [0, 0.05) is 0 Å². The summed E-state index contributed by atoms with van der Waals surface area (Å²) in [6.07, 6.45) is 0. The van der Waals surface area contributed by atoms with Crippen molar-refractivity contribution in [1.29, 1.82) is 0 Å². The Morgan fingerprint density at radius 3 is 1.42 bits per heavy atom. The van der Waals surface area contributed by atoms with Gasteiger partial charge in [-0.1, -0.05) is 125 Å². The summed E-state index contributed by atoms with van der Waals surface area (Å²) in [6, 6.07) is 5.10. The third-order valence-electron chi connectivity index (χ3n) is 7.34. The lowest BCUT2D eigenvalue weighted by atomic mass is 9.75. The molecular weight excluding hydrogens is 407 g/mol. The van der Waals surface area contributed by atoms with Crippen molar-refractivity contribution >= 4 is 21.2 Å². The van der Waals surface area contributed by atoms with Gasteiger partial charge in [0.2, 0.25) is 0 Å². The number of benzene rings is 1. The minimum absolute atomic E-state index is 0.140. The Morgan fingerprint density at radius 1 is 0.710 bits per heavy atom. The molecule has 0 saturated heterocycles.